The standard InChI is InChI=1S/C18H28N2O2/c1-18(2,3)22-17(21)20-12-15(16(13-20)11-19-4)10-14-8-6-5-7-9-14/h5-9,15-16,19H,10-13H2,1-4H3/t15-,16-/m1/s1. The molecule has 1 saturated heterocycles. The van der Waals surface area contributed by atoms with Gasteiger partial charge in [-0.15, -0.1) is 0 Å². The Bertz CT molecular complexity index is 482. The van der Waals surface area contributed by atoms with Gasteiger partial charge in [0.2, 0.25) is 0 Å². The number of hydrogen-bond donors (Lipinski definition) is 1. The second-order valence-corrected chi connectivity index (χ2v) is 7.15. The quantitative estimate of drug-likeness (QED) is 0.930. The largest absolute Gasteiger partial charge is 0.444 e. The van der Waals surface area contributed by atoms with Crippen LogP contribution < -0.4 is 5.32 Å². The summed E-state index contributed by atoms with van der Waals surface area (Å²) in [5.41, 5.74) is 0.896. The van der Waals surface area contributed by atoms with Crippen LogP contribution in [0, 0.1) is 11.8 Å². The van der Waals surface area contributed by atoms with Gasteiger partial charge in [0.25, 0.3) is 0 Å². The molecule has 2 rings (SSSR count). The Labute approximate surface area is 133 Å². The predicted molar refractivity (Wildman–Crippen MR) is 88.9 cm³/mol. The van der Waals surface area contributed by atoms with Crippen molar-refractivity contribution in [2.75, 3.05) is 26.7 Å². The van der Waals surface area contributed by atoms with E-state index < -0.39 is 5.60 Å². The Morgan fingerprint density at radius 2 is 1.86 bits per heavy atom. The van der Waals surface area contributed by atoms with Gasteiger partial charge in [-0.1, -0.05) is 30.3 Å². The topological polar surface area (TPSA) is 41.6 Å². The summed E-state index contributed by atoms with van der Waals surface area (Å²) >= 11 is 0. The molecule has 1 aromatic carbocycles. The number of ether oxygens (including phenoxy) is 1. The number of benzene rings is 1. The maximum Gasteiger partial charge on any atom is 0.410 e. The third-order valence-corrected chi connectivity index (χ3v) is 4.04. The average Bonchev–Trinajstić information content (AvgIpc) is 2.82. The van der Waals surface area contributed by atoms with Gasteiger partial charge in [0, 0.05) is 13.1 Å². The fourth-order valence-corrected chi connectivity index (χ4v) is 3.06. The first kappa shape index (κ1) is 16.8. The monoisotopic (exact) mass is 304 g/mol. The molecule has 1 heterocycles. The molecule has 0 spiro atoms. The molecular weight excluding hydrogens is 276 g/mol. The minimum absolute atomic E-state index is 0.191. The first-order chi connectivity index (χ1) is 10.4. The van der Waals surface area contributed by atoms with E-state index >= 15 is 0 Å². The molecule has 122 valence electrons. The number of rotatable bonds is 4. The van der Waals surface area contributed by atoms with Crippen LogP contribution >= 0.6 is 0 Å². The van der Waals surface area contributed by atoms with Gasteiger partial charge in [-0.2, -0.15) is 0 Å². The average molecular weight is 304 g/mol. The summed E-state index contributed by atoms with van der Waals surface area (Å²) in [6, 6.07) is 10.5. The predicted octanol–water partition coefficient (Wildman–Crippen LogP) is 2.93. The zero-order chi connectivity index (χ0) is 16.2. The van der Waals surface area contributed by atoms with E-state index in [1.54, 1.807) is 0 Å². The molecule has 0 radical (unpaired) electrons. The smallest absolute Gasteiger partial charge is 0.410 e. The molecule has 4 heteroatoms. The van der Waals surface area contributed by atoms with Gasteiger partial charge in [0.1, 0.15) is 5.60 Å². The summed E-state index contributed by atoms with van der Waals surface area (Å²) in [5, 5.41) is 3.25. The van der Waals surface area contributed by atoms with Crippen LogP contribution in [0.15, 0.2) is 30.3 Å². The van der Waals surface area contributed by atoms with Crippen molar-refractivity contribution < 1.29 is 9.53 Å². The minimum atomic E-state index is -0.437. The van der Waals surface area contributed by atoms with Crippen molar-refractivity contribution in [3.05, 3.63) is 35.9 Å². The van der Waals surface area contributed by atoms with Crippen LogP contribution in [0.3, 0.4) is 0 Å². The fraction of sp³-hybridized carbons (Fsp3) is 0.611. The first-order valence-corrected chi connectivity index (χ1v) is 8.05. The lowest BCUT2D eigenvalue weighted by molar-refractivity contribution is 0.0284. The van der Waals surface area contributed by atoms with Crippen LogP contribution in [0.4, 0.5) is 4.79 Å². The van der Waals surface area contributed by atoms with Crippen LogP contribution in [0.2, 0.25) is 0 Å². The van der Waals surface area contributed by atoms with Gasteiger partial charge < -0.3 is 15.0 Å². The molecule has 1 N–H and O–H groups in total. The van der Waals surface area contributed by atoms with E-state index in [-0.39, 0.29) is 6.09 Å². The number of carbonyl (C=O) groups excluding carboxylic acids is 1. The Morgan fingerprint density at radius 1 is 1.23 bits per heavy atom. The van der Waals surface area contributed by atoms with Crippen LogP contribution in [0.1, 0.15) is 26.3 Å². The third kappa shape index (κ3) is 4.73. The van der Waals surface area contributed by atoms with Crippen LogP contribution in [-0.2, 0) is 11.2 Å². The van der Waals surface area contributed by atoms with Gasteiger partial charge in [0.05, 0.1) is 0 Å². The molecule has 0 unspecified atom stereocenters. The molecule has 0 aromatic heterocycles. The number of amides is 1. The highest BCUT2D eigenvalue weighted by Crippen LogP contribution is 2.27. The van der Waals surface area contributed by atoms with Crippen molar-refractivity contribution in [1.82, 2.24) is 10.2 Å². The van der Waals surface area contributed by atoms with Crippen molar-refractivity contribution in [2.45, 2.75) is 32.8 Å². The van der Waals surface area contributed by atoms with Crippen LogP contribution in [-0.4, -0.2) is 43.3 Å². The summed E-state index contributed by atoms with van der Waals surface area (Å²) in [4.78, 5) is 14.2. The number of nitrogens with zero attached hydrogens (tertiary/aromatic N) is 1. The first-order valence-electron chi connectivity index (χ1n) is 8.05. The summed E-state index contributed by atoms with van der Waals surface area (Å²) in [6.07, 6.45) is 0.816. The lowest BCUT2D eigenvalue weighted by Crippen LogP contribution is -2.36. The lowest BCUT2D eigenvalue weighted by atomic mass is 9.90. The highest BCUT2D eigenvalue weighted by atomic mass is 16.6. The van der Waals surface area contributed by atoms with Gasteiger partial charge in [-0.25, -0.2) is 4.79 Å². The van der Waals surface area contributed by atoms with E-state index in [0.29, 0.717) is 11.8 Å². The van der Waals surface area contributed by atoms with Gasteiger partial charge in [-0.3, -0.25) is 0 Å². The molecule has 4 nitrogen and oxygen atoms in total. The molecule has 1 aliphatic rings. The molecule has 0 saturated carbocycles. The van der Waals surface area contributed by atoms with Gasteiger partial charge >= 0.3 is 6.09 Å². The van der Waals surface area contributed by atoms with E-state index in [4.69, 9.17) is 4.74 Å². The zero-order valence-electron chi connectivity index (χ0n) is 14.1. The maximum atomic E-state index is 12.3. The van der Waals surface area contributed by atoms with Gasteiger partial charge in [-0.05, 0) is 58.2 Å². The minimum Gasteiger partial charge on any atom is -0.444 e. The number of nitrogens with one attached hydrogen (secondary N) is 1. The Morgan fingerprint density at radius 3 is 2.45 bits per heavy atom. The molecule has 0 aliphatic carbocycles. The Kier molecular flexibility index (Phi) is 5.46. The highest BCUT2D eigenvalue weighted by Gasteiger charge is 2.36. The zero-order valence-corrected chi connectivity index (χ0v) is 14.1. The normalized spacial score (nSPS) is 21.9. The number of likely N-dealkylation sites (tertiary alicyclic amines) is 1. The number of hydrogen-bond acceptors (Lipinski definition) is 3. The van der Waals surface area contributed by atoms with E-state index in [2.05, 4.69) is 29.6 Å². The maximum absolute atomic E-state index is 12.3. The fourth-order valence-electron chi connectivity index (χ4n) is 3.06. The van der Waals surface area contributed by atoms with Crippen molar-refractivity contribution in [3.63, 3.8) is 0 Å². The molecule has 0 bridgehead atoms. The van der Waals surface area contributed by atoms with Crippen molar-refractivity contribution >= 4 is 6.09 Å². The van der Waals surface area contributed by atoms with Crippen molar-refractivity contribution in [2.24, 2.45) is 11.8 Å². The molecule has 2 atom stereocenters. The third-order valence-electron chi connectivity index (χ3n) is 4.04. The highest BCUT2D eigenvalue weighted by molar-refractivity contribution is 5.68. The van der Waals surface area contributed by atoms with E-state index in [1.165, 1.54) is 5.56 Å². The Balaban J connectivity index is 2.01. The summed E-state index contributed by atoms with van der Waals surface area (Å²) < 4.78 is 5.51. The molecular formula is C18H28N2O2. The van der Waals surface area contributed by atoms with Gasteiger partial charge in [0.15, 0.2) is 0 Å². The van der Waals surface area contributed by atoms with Crippen molar-refractivity contribution in [1.29, 1.82) is 0 Å². The van der Waals surface area contributed by atoms with E-state index in [0.717, 1.165) is 26.1 Å². The molecule has 1 amide bonds. The SMILES string of the molecule is CNC[C@@H]1CN(C(=O)OC(C)(C)C)C[C@H]1Cc1ccccc1. The van der Waals surface area contributed by atoms with E-state index in [1.807, 2.05) is 38.8 Å². The summed E-state index contributed by atoms with van der Waals surface area (Å²) in [7, 11) is 1.97. The summed E-state index contributed by atoms with van der Waals surface area (Å²) in [5.74, 6) is 0.945. The molecule has 1 fully saturated rings. The van der Waals surface area contributed by atoms with E-state index in [9.17, 15) is 4.79 Å². The second kappa shape index (κ2) is 7.14. The second-order valence-electron chi connectivity index (χ2n) is 7.15. The lowest BCUT2D eigenvalue weighted by Gasteiger charge is -2.24. The summed E-state index contributed by atoms with van der Waals surface area (Å²) in [6.45, 7) is 8.20. The van der Waals surface area contributed by atoms with Crippen molar-refractivity contribution in [3.8, 4) is 0 Å². The van der Waals surface area contributed by atoms with Crippen LogP contribution in [0.5, 0.6) is 0 Å². The molecule has 22 heavy (non-hydrogen) atoms. The Hall–Kier alpha value is -1.55. The molecule has 1 aliphatic heterocycles. The number of carbonyl (C=O) groups is 1. The van der Waals surface area contributed by atoms with Crippen LogP contribution in [0.25, 0.3) is 0 Å². The molecule has 1 aromatic rings.